The number of alkyl halides is 3. The molecule has 0 radical (unpaired) electrons. The molecule has 0 heterocycles. The number of hydrogen-bond acceptors (Lipinski definition) is 2. The van der Waals surface area contributed by atoms with Crippen LogP contribution in [0.5, 0.6) is 0 Å². The first-order valence-corrected chi connectivity index (χ1v) is 5.25. The summed E-state index contributed by atoms with van der Waals surface area (Å²) in [5.41, 5.74) is -0.985. The third kappa shape index (κ3) is 3.34. The van der Waals surface area contributed by atoms with Crippen LogP contribution in [0.4, 0.5) is 13.2 Å². The van der Waals surface area contributed by atoms with Gasteiger partial charge in [-0.15, -0.1) is 0 Å². The highest BCUT2D eigenvalue weighted by atomic mass is 35.5. The standard InChI is InChI=1S/C11H13ClF3NO/c1-10(2,6-17-16)7-3-4-9(12)8(5-7)11(13,14)15/h3-5H,6,16H2,1-2H3. The molecule has 0 fully saturated rings. The second-order valence-electron chi connectivity index (χ2n) is 4.39. The van der Waals surface area contributed by atoms with Crippen molar-refractivity contribution >= 4 is 11.6 Å². The van der Waals surface area contributed by atoms with E-state index in [4.69, 9.17) is 17.5 Å². The number of hydrogen-bond donors (Lipinski definition) is 1. The molecule has 1 aromatic carbocycles. The SMILES string of the molecule is CC(C)(CON)c1ccc(Cl)c(C(F)(F)F)c1. The highest BCUT2D eigenvalue weighted by Gasteiger charge is 2.34. The van der Waals surface area contributed by atoms with Gasteiger partial charge in [0.15, 0.2) is 0 Å². The molecule has 17 heavy (non-hydrogen) atoms. The van der Waals surface area contributed by atoms with E-state index in [2.05, 4.69) is 4.84 Å². The van der Waals surface area contributed by atoms with E-state index in [1.165, 1.54) is 12.1 Å². The Kier molecular flexibility index (Phi) is 4.06. The molecule has 1 rings (SSSR count). The van der Waals surface area contributed by atoms with Crippen molar-refractivity contribution in [1.82, 2.24) is 0 Å². The van der Waals surface area contributed by atoms with Crippen LogP contribution in [0.1, 0.15) is 25.0 Å². The molecule has 0 aromatic heterocycles. The zero-order valence-corrected chi connectivity index (χ0v) is 10.2. The minimum atomic E-state index is -4.47. The maximum atomic E-state index is 12.7. The average molecular weight is 268 g/mol. The van der Waals surface area contributed by atoms with Crippen molar-refractivity contribution in [3.05, 3.63) is 34.3 Å². The van der Waals surface area contributed by atoms with Gasteiger partial charge in [0.2, 0.25) is 0 Å². The van der Waals surface area contributed by atoms with Crippen LogP contribution in [0.3, 0.4) is 0 Å². The second-order valence-corrected chi connectivity index (χ2v) is 4.79. The number of nitrogens with two attached hydrogens (primary N) is 1. The van der Waals surface area contributed by atoms with Crippen molar-refractivity contribution in [2.24, 2.45) is 5.90 Å². The predicted molar refractivity (Wildman–Crippen MR) is 59.6 cm³/mol. The first-order chi connectivity index (χ1) is 7.68. The first-order valence-electron chi connectivity index (χ1n) is 4.87. The maximum Gasteiger partial charge on any atom is 0.417 e. The van der Waals surface area contributed by atoms with E-state index in [0.29, 0.717) is 5.56 Å². The molecule has 0 aliphatic carbocycles. The third-order valence-electron chi connectivity index (χ3n) is 2.50. The molecule has 0 atom stereocenters. The molecule has 6 heteroatoms. The average Bonchev–Trinajstić information content (AvgIpc) is 2.15. The molecule has 0 saturated heterocycles. The monoisotopic (exact) mass is 267 g/mol. The van der Waals surface area contributed by atoms with Gasteiger partial charge in [0.25, 0.3) is 0 Å². The van der Waals surface area contributed by atoms with Crippen LogP contribution >= 0.6 is 11.6 Å². The lowest BCUT2D eigenvalue weighted by atomic mass is 9.85. The largest absolute Gasteiger partial charge is 0.417 e. The number of benzene rings is 1. The molecule has 0 unspecified atom stereocenters. The summed E-state index contributed by atoms with van der Waals surface area (Å²) in [6.07, 6.45) is -4.47. The van der Waals surface area contributed by atoms with E-state index in [1.54, 1.807) is 13.8 Å². The second kappa shape index (κ2) is 4.84. The van der Waals surface area contributed by atoms with E-state index in [1.807, 2.05) is 0 Å². The summed E-state index contributed by atoms with van der Waals surface area (Å²) in [5.74, 6) is 4.96. The minimum Gasteiger partial charge on any atom is -0.304 e. The lowest BCUT2D eigenvalue weighted by molar-refractivity contribution is -0.137. The summed E-state index contributed by atoms with van der Waals surface area (Å²) >= 11 is 5.53. The van der Waals surface area contributed by atoms with Gasteiger partial charge in [-0.25, -0.2) is 5.90 Å². The quantitative estimate of drug-likeness (QED) is 0.851. The van der Waals surface area contributed by atoms with Crippen molar-refractivity contribution in [2.45, 2.75) is 25.4 Å². The molecule has 0 aliphatic rings. The minimum absolute atomic E-state index is 0.117. The van der Waals surface area contributed by atoms with Gasteiger partial charge in [0.1, 0.15) is 0 Å². The van der Waals surface area contributed by atoms with Crippen LogP contribution in [-0.2, 0) is 16.4 Å². The summed E-state index contributed by atoms with van der Waals surface area (Å²) in [7, 11) is 0. The molecule has 0 amide bonds. The van der Waals surface area contributed by atoms with Gasteiger partial charge in [0, 0.05) is 5.41 Å². The lowest BCUT2D eigenvalue weighted by Crippen LogP contribution is -2.26. The lowest BCUT2D eigenvalue weighted by Gasteiger charge is -2.25. The van der Waals surface area contributed by atoms with Gasteiger partial charge in [-0.2, -0.15) is 13.2 Å². The number of rotatable bonds is 3. The topological polar surface area (TPSA) is 35.2 Å². The van der Waals surface area contributed by atoms with Gasteiger partial charge >= 0.3 is 6.18 Å². The van der Waals surface area contributed by atoms with Crippen LogP contribution in [0.2, 0.25) is 5.02 Å². The zero-order valence-electron chi connectivity index (χ0n) is 9.44. The van der Waals surface area contributed by atoms with Gasteiger partial charge < -0.3 is 4.84 Å². The molecule has 0 spiro atoms. The molecule has 1 aromatic rings. The fourth-order valence-electron chi connectivity index (χ4n) is 1.46. The summed E-state index contributed by atoms with van der Waals surface area (Å²) in [6.45, 7) is 3.60. The van der Waals surface area contributed by atoms with E-state index in [0.717, 1.165) is 6.07 Å². The molecule has 0 aliphatic heterocycles. The summed E-state index contributed by atoms with van der Waals surface area (Å²) in [6, 6.07) is 3.80. The van der Waals surface area contributed by atoms with Crippen molar-refractivity contribution in [3.8, 4) is 0 Å². The van der Waals surface area contributed by atoms with Gasteiger partial charge in [-0.3, -0.25) is 0 Å². The molecule has 0 saturated carbocycles. The summed E-state index contributed by atoms with van der Waals surface area (Å²) < 4.78 is 38.0. The summed E-state index contributed by atoms with van der Waals surface area (Å²) in [5, 5.41) is -0.314. The molecule has 96 valence electrons. The van der Waals surface area contributed by atoms with Crippen LogP contribution in [0, 0.1) is 0 Å². The number of halogens is 4. The van der Waals surface area contributed by atoms with Crippen molar-refractivity contribution in [2.75, 3.05) is 6.61 Å². The Balaban J connectivity index is 3.22. The maximum absolute atomic E-state index is 12.7. The Hall–Kier alpha value is -0.780. The van der Waals surface area contributed by atoms with Gasteiger partial charge in [-0.1, -0.05) is 31.5 Å². The Labute approximate surface area is 102 Å². The fraction of sp³-hybridized carbons (Fsp3) is 0.455. The van der Waals surface area contributed by atoms with E-state index < -0.39 is 17.2 Å². The van der Waals surface area contributed by atoms with Crippen LogP contribution in [0.15, 0.2) is 18.2 Å². The summed E-state index contributed by atoms with van der Waals surface area (Å²) in [4.78, 5) is 4.50. The first kappa shape index (κ1) is 14.3. The van der Waals surface area contributed by atoms with E-state index >= 15 is 0 Å². The van der Waals surface area contributed by atoms with E-state index in [9.17, 15) is 13.2 Å². The Morgan fingerprint density at radius 2 is 1.88 bits per heavy atom. The molecular formula is C11H13ClF3NO. The normalized spacial score (nSPS) is 12.9. The van der Waals surface area contributed by atoms with Crippen LogP contribution in [0.25, 0.3) is 0 Å². The predicted octanol–water partition coefficient (Wildman–Crippen LogP) is 3.53. The Morgan fingerprint density at radius 3 is 2.35 bits per heavy atom. The molecule has 0 bridgehead atoms. The Morgan fingerprint density at radius 1 is 1.29 bits per heavy atom. The molecule has 2 N–H and O–H groups in total. The van der Waals surface area contributed by atoms with Gasteiger partial charge in [-0.05, 0) is 17.7 Å². The van der Waals surface area contributed by atoms with Crippen molar-refractivity contribution in [3.63, 3.8) is 0 Å². The highest BCUT2D eigenvalue weighted by Crippen LogP contribution is 2.37. The van der Waals surface area contributed by atoms with Gasteiger partial charge in [0.05, 0.1) is 17.2 Å². The van der Waals surface area contributed by atoms with Crippen LogP contribution in [-0.4, -0.2) is 6.61 Å². The van der Waals surface area contributed by atoms with E-state index in [-0.39, 0.29) is 11.6 Å². The molecular weight excluding hydrogens is 255 g/mol. The Bertz CT molecular complexity index is 404. The zero-order chi connectivity index (χ0) is 13.3. The highest BCUT2D eigenvalue weighted by molar-refractivity contribution is 6.31. The third-order valence-corrected chi connectivity index (χ3v) is 2.83. The smallest absolute Gasteiger partial charge is 0.304 e. The van der Waals surface area contributed by atoms with Crippen LogP contribution < -0.4 is 5.90 Å². The fourth-order valence-corrected chi connectivity index (χ4v) is 1.68. The molecule has 2 nitrogen and oxygen atoms in total. The van der Waals surface area contributed by atoms with Crippen molar-refractivity contribution in [1.29, 1.82) is 0 Å². The van der Waals surface area contributed by atoms with Crippen molar-refractivity contribution < 1.29 is 18.0 Å².